The van der Waals surface area contributed by atoms with E-state index in [-0.39, 0.29) is 0 Å². The summed E-state index contributed by atoms with van der Waals surface area (Å²) in [5, 5.41) is 2.26. The van der Waals surface area contributed by atoms with Gasteiger partial charge in [-0.25, -0.2) is 0 Å². The molecule has 0 aliphatic carbocycles. The number of fused-ring (bicyclic) bond motifs is 1. The molecule has 0 radical (unpaired) electrons. The van der Waals surface area contributed by atoms with Gasteiger partial charge < -0.3 is 11.3 Å². The molecule has 0 saturated carbocycles. The highest BCUT2D eigenvalue weighted by Gasteiger charge is 2.25. The molecule has 96 valence electrons. The standard InChI is InChI=1S/C15H15N3O/c1-10(18-17)14(15(16)19)9-11-6-7-12-4-2-3-5-13(12)8-11/h2-8,14H,9H2,1H3,(H2,16,19)/t14-/m0/s1. The van der Waals surface area contributed by atoms with Crippen molar-refractivity contribution in [1.29, 1.82) is 0 Å². The second-order valence-corrected chi connectivity index (χ2v) is 4.58. The van der Waals surface area contributed by atoms with E-state index in [1.807, 2.05) is 42.5 Å². The molecular weight excluding hydrogens is 238 g/mol. The van der Waals surface area contributed by atoms with Crippen molar-refractivity contribution in [3.63, 3.8) is 0 Å². The van der Waals surface area contributed by atoms with Crippen LogP contribution in [0.1, 0.15) is 12.5 Å². The van der Waals surface area contributed by atoms with Gasteiger partial charge in [0.25, 0.3) is 5.71 Å². The van der Waals surface area contributed by atoms with E-state index >= 15 is 0 Å². The highest BCUT2D eigenvalue weighted by molar-refractivity contribution is 6.00. The zero-order valence-corrected chi connectivity index (χ0v) is 10.7. The van der Waals surface area contributed by atoms with Crippen molar-refractivity contribution in [2.24, 2.45) is 11.7 Å². The molecule has 0 saturated heterocycles. The fourth-order valence-corrected chi connectivity index (χ4v) is 2.13. The van der Waals surface area contributed by atoms with Crippen molar-refractivity contribution >= 4 is 22.4 Å². The van der Waals surface area contributed by atoms with Gasteiger partial charge >= 0.3 is 0 Å². The molecule has 0 aliphatic heterocycles. The lowest BCUT2D eigenvalue weighted by Crippen LogP contribution is -2.31. The van der Waals surface area contributed by atoms with Gasteiger partial charge in [0, 0.05) is 6.92 Å². The molecule has 0 aliphatic rings. The third kappa shape index (κ3) is 2.87. The van der Waals surface area contributed by atoms with Gasteiger partial charge in [-0.2, -0.15) is 4.79 Å². The lowest BCUT2D eigenvalue weighted by Gasteiger charge is -2.08. The summed E-state index contributed by atoms with van der Waals surface area (Å²) in [6.45, 7) is 1.59. The molecule has 0 unspecified atom stereocenters. The van der Waals surface area contributed by atoms with Crippen LogP contribution in [0, 0.1) is 5.92 Å². The van der Waals surface area contributed by atoms with Crippen LogP contribution in [-0.4, -0.2) is 16.4 Å². The molecule has 1 amide bonds. The van der Waals surface area contributed by atoms with Crippen LogP contribution in [-0.2, 0) is 11.2 Å². The summed E-state index contributed by atoms with van der Waals surface area (Å²) >= 11 is 0. The van der Waals surface area contributed by atoms with Crippen molar-refractivity contribution in [2.45, 2.75) is 13.3 Å². The molecule has 2 N–H and O–H groups in total. The number of carbonyl (C=O) groups is 1. The Bertz CT molecular complexity index is 672. The van der Waals surface area contributed by atoms with Gasteiger partial charge in [0.15, 0.2) is 0 Å². The number of hydrogen-bond donors (Lipinski definition) is 1. The summed E-state index contributed by atoms with van der Waals surface area (Å²) in [5.41, 5.74) is 15.5. The Balaban J connectivity index is 2.34. The molecule has 0 aromatic heterocycles. The zero-order chi connectivity index (χ0) is 13.8. The highest BCUT2D eigenvalue weighted by Crippen LogP contribution is 2.18. The van der Waals surface area contributed by atoms with Gasteiger partial charge in [0.1, 0.15) is 5.92 Å². The van der Waals surface area contributed by atoms with Crippen molar-refractivity contribution in [3.05, 3.63) is 53.6 Å². The fraction of sp³-hybridized carbons (Fsp3) is 0.200. The number of nitrogens with two attached hydrogens (primary N) is 1. The Labute approximate surface area is 111 Å². The zero-order valence-electron chi connectivity index (χ0n) is 10.7. The minimum atomic E-state index is -0.578. The third-order valence-electron chi connectivity index (χ3n) is 3.26. The maximum absolute atomic E-state index is 11.4. The first-order chi connectivity index (χ1) is 9.11. The molecule has 0 heterocycles. The average molecular weight is 253 g/mol. The van der Waals surface area contributed by atoms with Crippen LogP contribution in [0.15, 0.2) is 42.5 Å². The van der Waals surface area contributed by atoms with Gasteiger partial charge in [-0.1, -0.05) is 42.5 Å². The Hall–Kier alpha value is -2.45. The lowest BCUT2D eigenvalue weighted by atomic mass is 9.93. The number of rotatable bonds is 4. The largest absolute Gasteiger partial charge is 0.369 e. The van der Waals surface area contributed by atoms with Crippen LogP contribution in [0.5, 0.6) is 0 Å². The first-order valence-corrected chi connectivity index (χ1v) is 6.07. The van der Waals surface area contributed by atoms with Gasteiger partial charge in [-0.3, -0.25) is 4.79 Å². The second-order valence-electron chi connectivity index (χ2n) is 4.58. The van der Waals surface area contributed by atoms with E-state index in [2.05, 4.69) is 4.79 Å². The predicted molar refractivity (Wildman–Crippen MR) is 74.6 cm³/mol. The quantitative estimate of drug-likeness (QED) is 0.506. The van der Waals surface area contributed by atoms with Crippen LogP contribution < -0.4 is 5.73 Å². The summed E-state index contributed by atoms with van der Waals surface area (Å²) in [5.74, 6) is -1.06. The van der Waals surface area contributed by atoms with E-state index in [9.17, 15) is 4.79 Å². The Morgan fingerprint density at radius 3 is 2.58 bits per heavy atom. The maximum atomic E-state index is 11.4. The first kappa shape index (κ1) is 13.0. The van der Waals surface area contributed by atoms with E-state index in [0.717, 1.165) is 16.3 Å². The van der Waals surface area contributed by atoms with Crippen molar-refractivity contribution in [3.8, 4) is 0 Å². The number of hydrogen-bond acceptors (Lipinski definition) is 1. The van der Waals surface area contributed by atoms with Crippen molar-refractivity contribution < 1.29 is 9.58 Å². The topological polar surface area (TPSA) is 79.5 Å². The Morgan fingerprint density at radius 1 is 1.26 bits per heavy atom. The van der Waals surface area contributed by atoms with Crippen LogP contribution in [0.25, 0.3) is 16.3 Å². The molecule has 2 aromatic rings. The van der Waals surface area contributed by atoms with Gasteiger partial charge in [-0.15, -0.1) is 0 Å². The first-order valence-electron chi connectivity index (χ1n) is 6.07. The summed E-state index contributed by atoms with van der Waals surface area (Å²) in [6.07, 6.45) is 0.441. The normalized spacial score (nSPS) is 11.8. The molecule has 0 fully saturated rings. The van der Waals surface area contributed by atoms with Gasteiger partial charge in [0.2, 0.25) is 5.91 Å². The summed E-state index contributed by atoms with van der Waals surface area (Å²) < 4.78 is 0. The van der Waals surface area contributed by atoms with Gasteiger partial charge in [0.05, 0.1) is 0 Å². The highest BCUT2D eigenvalue weighted by atomic mass is 16.1. The number of nitrogens with zero attached hydrogens (tertiary/aromatic N) is 2. The number of amides is 1. The Kier molecular flexibility index (Phi) is 3.74. The molecule has 0 spiro atoms. The number of carbonyl (C=O) groups excluding carboxylic acids is 1. The Morgan fingerprint density at radius 2 is 1.95 bits per heavy atom. The van der Waals surface area contributed by atoms with E-state index < -0.39 is 11.8 Å². The minimum Gasteiger partial charge on any atom is -0.369 e. The molecule has 4 heteroatoms. The van der Waals surface area contributed by atoms with E-state index in [4.69, 9.17) is 11.3 Å². The molecule has 2 rings (SSSR count). The summed E-state index contributed by atoms with van der Waals surface area (Å²) in [4.78, 5) is 14.5. The van der Waals surface area contributed by atoms with E-state index in [1.54, 1.807) is 6.92 Å². The van der Waals surface area contributed by atoms with E-state index in [1.165, 1.54) is 0 Å². The average Bonchev–Trinajstić information content (AvgIpc) is 2.43. The molecule has 1 atom stereocenters. The fourth-order valence-electron chi connectivity index (χ4n) is 2.13. The SMILES string of the molecule is CC(=[N+]=[N-])[C@H](Cc1ccc2ccccc2c1)C(N)=O. The molecule has 2 aromatic carbocycles. The molecular formula is C15H15N3O. The summed E-state index contributed by atoms with van der Waals surface area (Å²) in [7, 11) is 0. The van der Waals surface area contributed by atoms with Crippen LogP contribution >= 0.6 is 0 Å². The number of primary amides is 1. The van der Waals surface area contributed by atoms with Crippen LogP contribution in [0.2, 0.25) is 0 Å². The van der Waals surface area contributed by atoms with Gasteiger partial charge in [-0.05, 0) is 22.8 Å². The van der Waals surface area contributed by atoms with Crippen LogP contribution in [0.3, 0.4) is 0 Å². The van der Waals surface area contributed by atoms with E-state index in [0.29, 0.717) is 12.1 Å². The maximum Gasteiger partial charge on any atom is 0.278 e. The third-order valence-corrected chi connectivity index (χ3v) is 3.26. The summed E-state index contributed by atoms with van der Waals surface area (Å²) in [6, 6.07) is 14.0. The predicted octanol–water partition coefficient (Wildman–Crippen LogP) is 2.17. The smallest absolute Gasteiger partial charge is 0.278 e. The molecule has 4 nitrogen and oxygen atoms in total. The van der Waals surface area contributed by atoms with Crippen molar-refractivity contribution in [1.82, 2.24) is 0 Å². The molecule has 0 bridgehead atoms. The van der Waals surface area contributed by atoms with Crippen LogP contribution in [0.4, 0.5) is 0 Å². The minimum absolute atomic E-state index is 0.334. The second kappa shape index (κ2) is 5.46. The lowest BCUT2D eigenvalue weighted by molar-refractivity contribution is -0.121. The monoisotopic (exact) mass is 253 g/mol. The number of benzene rings is 2. The van der Waals surface area contributed by atoms with Crippen molar-refractivity contribution in [2.75, 3.05) is 0 Å². The molecule has 19 heavy (non-hydrogen) atoms.